The van der Waals surface area contributed by atoms with Crippen LogP contribution in [0.15, 0.2) is 35.1 Å². The van der Waals surface area contributed by atoms with E-state index in [0.717, 1.165) is 28.0 Å². The number of thiocarbonyl (C=S) groups is 1. The van der Waals surface area contributed by atoms with Gasteiger partial charge in [0.05, 0.1) is 5.69 Å². The first-order valence-electron chi connectivity index (χ1n) is 5.25. The van der Waals surface area contributed by atoms with E-state index >= 15 is 0 Å². The van der Waals surface area contributed by atoms with Crippen LogP contribution in [0.2, 0.25) is 0 Å². The molecule has 0 amide bonds. The first-order chi connectivity index (χ1) is 8.13. The minimum Gasteiger partial charge on any atom is -0.389 e. The lowest BCUT2D eigenvalue weighted by Crippen LogP contribution is -2.14. The number of rotatable bonds is 3. The number of aryl methyl sites for hydroxylation is 1. The summed E-state index contributed by atoms with van der Waals surface area (Å²) in [4.78, 5) is 4.69. The molecule has 5 heteroatoms. The van der Waals surface area contributed by atoms with Crippen LogP contribution >= 0.6 is 28.1 Å². The first-order valence-corrected chi connectivity index (χ1v) is 6.45. The summed E-state index contributed by atoms with van der Waals surface area (Å²) >= 11 is 8.51. The second kappa shape index (κ2) is 4.98. The Morgan fingerprint density at radius 1 is 1.53 bits per heavy atom. The van der Waals surface area contributed by atoms with Gasteiger partial charge in [-0.15, -0.1) is 0 Å². The smallest absolute Gasteiger partial charge is 0.112 e. The third kappa shape index (κ3) is 2.40. The number of nitrogens with two attached hydrogens (primary N) is 1. The van der Waals surface area contributed by atoms with Gasteiger partial charge in [0.25, 0.3) is 0 Å². The van der Waals surface area contributed by atoms with Crippen molar-refractivity contribution in [3.05, 3.63) is 46.5 Å². The summed E-state index contributed by atoms with van der Waals surface area (Å²) in [5, 5.41) is 0. The lowest BCUT2D eigenvalue weighted by Gasteiger charge is -2.12. The molecule has 88 valence electrons. The van der Waals surface area contributed by atoms with Gasteiger partial charge in [-0.2, -0.15) is 0 Å². The van der Waals surface area contributed by atoms with E-state index in [9.17, 15) is 0 Å². The maximum atomic E-state index is 5.76. The molecule has 2 N–H and O–H groups in total. The van der Waals surface area contributed by atoms with Gasteiger partial charge in [-0.1, -0.05) is 35.1 Å². The fraction of sp³-hybridized carbons (Fsp3) is 0.167. The number of hydrogen-bond donors (Lipinski definition) is 1. The van der Waals surface area contributed by atoms with Crippen LogP contribution in [0, 0.1) is 0 Å². The minimum absolute atomic E-state index is 0.386. The van der Waals surface area contributed by atoms with E-state index < -0.39 is 0 Å². The number of hydrogen-bond acceptors (Lipinski definition) is 2. The van der Waals surface area contributed by atoms with Crippen molar-refractivity contribution in [3.63, 3.8) is 0 Å². The Morgan fingerprint density at radius 3 is 2.94 bits per heavy atom. The molecule has 0 bridgehead atoms. The zero-order valence-electron chi connectivity index (χ0n) is 9.35. The Hall–Kier alpha value is -1.20. The van der Waals surface area contributed by atoms with Gasteiger partial charge in [0, 0.05) is 28.9 Å². The lowest BCUT2D eigenvalue weighted by atomic mass is 10.1. The van der Waals surface area contributed by atoms with Crippen molar-refractivity contribution in [2.45, 2.75) is 13.3 Å². The Balaban J connectivity index is 2.63. The molecule has 1 aromatic carbocycles. The Morgan fingerprint density at radius 2 is 2.29 bits per heavy atom. The topological polar surface area (TPSA) is 43.8 Å². The molecule has 17 heavy (non-hydrogen) atoms. The van der Waals surface area contributed by atoms with Gasteiger partial charge in [-0.3, -0.25) is 0 Å². The van der Waals surface area contributed by atoms with E-state index in [1.807, 2.05) is 29.0 Å². The van der Waals surface area contributed by atoms with Crippen molar-refractivity contribution in [1.29, 1.82) is 0 Å². The van der Waals surface area contributed by atoms with Gasteiger partial charge >= 0.3 is 0 Å². The highest BCUT2D eigenvalue weighted by Crippen LogP contribution is 2.21. The van der Waals surface area contributed by atoms with Crippen LogP contribution in [0.3, 0.4) is 0 Å². The summed E-state index contributed by atoms with van der Waals surface area (Å²) in [5.74, 6) is 0.991. The predicted octanol–water partition coefficient (Wildman–Crippen LogP) is 2.83. The van der Waals surface area contributed by atoms with E-state index in [0.29, 0.717) is 4.99 Å². The van der Waals surface area contributed by atoms with Gasteiger partial charge in [0.15, 0.2) is 0 Å². The molecule has 0 fully saturated rings. The van der Waals surface area contributed by atoms with Gasteiger partial charge in [0.1, 0.15) is 10.8 Å². The molecule has 0 saturated carbocycles. The maximum Gasteiger partial charge on any atom is 0.112 e. The van der Waals surface area contributed by atoms with E-state index in [-0.39, 0.29) is 0 Å². The molecule has 0 atom stereocenters. The first kappa shape index (κ1) is 12.3. The van der Waals surface area contributed by atoms with Crippen LogP contribution in [-0.2, 0) is 6.42 Å². The minimum atomic E-state index is 0.386. The quantitative estimate of drug-likeness (QED) is 0.887. The van der Waals surface area contributed by atoms with Crippen molar-refractivity contribution >= 4 is 33.1 Å². The lowest BCUT2D eigenvalue weighted by molar-refractivity contribution is 0.890. The number of imidazole rings is 1. The van der Waals surface area contributed by atoms with Crippen LogP contribution < -0.4 is 5.73 Å². The second-order valence-electron chi connectivity index (χ2n) is 3.59. The Kier molecular flexibility index (Phi) is 3.59. The number of aromatic nitrogens is 2. The Labute approximate surface area is 114 Å². The highest BCUT2D eigenvalue weighted by atomic mass is 79.9. The molecule has 0 spiro atoms. The zero-order chi connectivity index (χ0) is 12.4. The molecule has 2 aromatic rings. The monoisotopic (exact) mass is 309 g/mol. The number of nitrogens with zero attached hydrogens (tertiary/aromatic N) is 2. The molecule has 0 aliphatic rings. The molecule has 0 aliphatic heterocycles. The third-order valence-electron chi connectivity index (χ3n) is 2.52. The van der Waals surface area contributed by atoms with Crippen LogP contribution in [0.1, 0.15) is 18.3 Å². The molecule has 0 radical (unpaired) electrons. The number of benzene rings is 1. The summed E-state index contributed by atoms with van der Waals surface area (Å²) < 4.78 is 2.98. The molecular formula is C12H12BrN3S. The van der Waals surface area contributed by atoms with E-state index in [4.69, 9.17) is 18.0 Å². The molecular weight excluding hydrogens is 298 g/mol. The van der Waals surface area contributed by atoms with E-state index in [1.165, 1.54) is 0 Å². The largest absolute Gasteiger partial charge is 0.389 e. The normalized spacial score (nSPS) is 10.5. The fourth-order valence-electron chi connectivity index (χ4n) is 1.73. The molecule has 1 heterocycles. The highest BCUT2D eigenvalue weighted by Gasteiger charge is 2.10. The summed E-state index contributed by atoms with van der Waals surface area (Å²) in [7, 11) is 0. The van der Waals surface area contributed by atoms with Crippen LogP contribution in [0.4, 0.5) is 0 Å². The highest BCUT2D eigenvalue weighted by molar-refractivity contribution is 9.10. The summed E-state index contributed by atoms with van der Waals surface area (Å²) in [6.07, 6.45) is 4.56. The van der Waals surface area contributed by atoms with Crippen molar-refractivity contribution in [3.8, 4) is 5.69 Å². The molecule has 1 aromatic heterocycles. The van der Waals surface area contributed by atoms with Crippen molar-refractivity contribution in [2.24, 2.45) is 5.73 Å². The van der Waals surface area contributed by atoms with Crippen molar-refractivity contribution < 1.29 is 0 Å². The molecule has 0 aliphatic carbocycles. The van der Waals surface area contributed by atoms with Crippen LogP contribution in [-0.4, -0.2) is 14.5 Å². The van der Waals surface area contributed by atoms with Crippen molar-refractivity contribution in [2.75, 3.05) is 0 Å². The second-order valence-corrected chi connectivity index (χ2v) is 4.95. The maximum absolute atomic E-state index is 5.76. The summed E-state index contributed by atoms with van der Waals surface area (Å²) in [6.45, 7) is 2.07. The van der Waals surface area contributed by atoms with Gasteiger partial charge in [0.2, 0.25) is 0 Å². The third-order valence-corrected chi connectivity index (χ3v) is 3.23. The summed E-state index contributed by atoms with van der Waals surface area (Å²) in [5.41, 5.74) is 7.57. The van der Waals surface area contributed by atoms with E-state index in [1.54, 1.807) is 6.20 Å². The molecule has 2 rings (SSSR count). The van der Waals surface area contributed by atoms with Gasteiger partial charge in [-0.05, 0) is 18.2 Å². The average molecular weight is 310 g/mol. The number of halogens is 1. The molecule has 0 saturated heterocycles. The van der Waals surface area contributed by atoms with Crippen LogP contribution in [0.25, 0.3) is 5.69 Å². The molecule has 0 unspecified atom stereocenters. The van der Waals surface area contributed by atoms with E-state index in [2.05, 4.69) is 27.8 Å². The summed E-state index contributed by atoms with van der Waals surface area (Å²) in [6, 6.07) is 5.88. The van der Waals surface area contributed by atoms with Crippen LogP contribution in [0.5, 0.6) is 0 Å². The fourth-order valence-corrected chi connectivity index (χ4v) is 2.26. The zero-order valence-corrected chi connectivity index (χ0v) is 11.8. The molecule has 3 nitrogen and oxygen atoms in total. The predicted molar refractivity (Wildman–Crippen MR) is 76.5 cm³/mol. The van der Waals surface area contributed by atoms with Crippen molar-refractivity contribution in [1.82, 2.24) is 9.55 Å². The Bertz CT molecular complexity index is 563. The SMILES string of the molecule is CCc1nccn1-c1ccc(Br)cc1C(N)=S. The van der Waals surface area contributed by atoms with Gasteiger partial charge < -0.3 is 10.3 Å². The standard InChI is InChI=1S/C12H12BrN3S/c1-2-11-15-5-6-16(11)10-4-3-8(13)7-9(10)12(14)17/h3-7H,2H2,1H3,(H2,14,17). The average Bonchev–Trinajstić information content (AvgIpc) is 2.76. The van der Waals surface area contributed by atoms with Gasteiger partial charge in [-0.25, -0.2) is 4.98 Å².